The van der Waals surface area contributed by atoms with Gasteiger partial charge in [-0.25, -0.2) is 5.57 Å². The predicted molar refractivity (Wildman–Crippen MR) is 191 cm³/mol. The van der Waals surface area contributed by atoms with Gasteiger partial charge in [0, 0.05) is 19.2 Å². The molecule has 1 unspecified atom stereocenters. The fraction of sp³-hybridized carbons (Fsp3) is 0.537. The van der Waals surface area contributed by atoms with E-state index in [2.05, 4.69) is 133 Å². The predicted octanol–water partition coefficient (Wildman–Crippen LogP) is 5.05. The molecule has 2 aliphatic rings. The first-order chi connectivity index (χ1) is 19.5. The van der Waals surface area contributed by atoms with Crippen LogP contribution in [0.2, 0.25) is 18.1 Å². The van der Waals surface area contributed by atoms with E-state index in [0.29, 0.717) is 0 Å². The van der Waals surface area contributed by atoms with Crippen LogP contribution in [-0.4, -0.2) is 15.2 Å². The summed E-state index contributed by atoms with van der Waals surface area (Å²) in [5, 5.41) is 4.53. The van der Waals surface area contributed by atoms with Crippen LogP contribution in [0.3, 0.4) is 0 Å². The Morgan fingerprint density at radius 1 is 0.822 bits per heavy atom. The molecule has 0 fully saturated rings. The van der Waals surface area contributed by atoms with Crippen molar-refractivity contribution in [2.45, 2.75) is 132 Å². The Morgan fingerprint density at radius 2 is 1.36 bits per heavy atom. The maximum Gasteiger partial charge on any atom is 1.00 e. The average Bonchev–Trinajstić information content (AvgIpc) is 3.43. The van der Waals surface area contributed by atoms with E-state index in [1.165, 1.54) is 55.3 Å². The first-order valence-corrected chi connectivity index (χ1v) is 19.3. The van der Waals surface area contributed by atoms with Gasteiger partial charge in [-0.15, -0.1) is 34.5 Å². The van der Waals surface area contributed by atoms with E-state index in [4.69, 9.17) is 4.74 Å². The van der Waals surface area contributed by atoms with Gasteiger partial charge < -0.3 is 4.74 Å². The number of ether oxygens (including phenoxy) is 1. The number of fused-ring (bicyclic) bond motifs is 2. The zero-order valence-electron chi connectivity index (χ0n) is 32.1. The van der Waals surface area contributed by atoms with Gasteiger partial charge >= 0.3 is 37.7 Å². The largest absolute Gasteiger partial charge is 1.00 e. The summed E-state index contributed by atoms with van der Waals surface area (Å²) in [6, 6.07) is 10.1. The van der Waals surface area contributed by atoms with Crippen LogP contribution in [0.5, 0.6) is 5.75 Å². The van der Waals surface area contributed by atoms with Crippen LogP contribution >= 0.6 is 0 Å². The molecule has 1 atom stereocenters. The molecule has 0 radical (unpaired) electrons. The van der Waals surface area contributed by atoms with Gasteiger partial charge in [0.1, 0.15) is 5.75 Å². The third-order valence-corrected chi connectivity index (χ3v) is 16.2. The third kappa shape index (κ3) is 6.00. The molecule has 1 nitrogen and oxygen atoms in total. The molecule has 0 spiro atoms. The molecule has 0 saturated heterocycles. The molecule has 0 N–H and O–H groups in total. The quantitative estimate of drug-likeness (QED) is 0.299. The minimum atomic E-state index is -2.07. The van der Waals surface area contributed by atoms with Gasteiger partial charge in [0.15, 0.2) is 0 Å². The van der Waals surface area contributed by atoms with Gasteiger partial charge in [-0.3, -0.25) is 6.08 Å². The molecule has 4 heteroatoms. The van der Waals surface area contributed by atoms with Crippen molar-refractivity contribution < 1.29 is 42.5 Å². The Hall–Kier alpha value is -1.26. The van der Waals surface area contributed by atoms with Gasteiger partial charge in [0.05, 0.1) is 7.11 Å². The van der Waals surface area contributed by atoms with Crippen molar-refractivity contribution in [2.75, 3.05) is 7.11 Å². The van der Waals surface area contributed by atoms with Gasteiger partial charge in [-0.1, -0.05) is 118 Å². The fourth-order valence-corrected chi connectivity index (χ4v) is 12.5. The first-order valence-electron chi connectivity index (χ1n) is 16.3. The van der Waals surface area contributed by atoms with Crippen molar-refractivity contribution in [3.8, 4) is 16.9 Å². The molecule has 0 saturated carbocycles. The minimum absolute atomic E-state index is 0. The first kappa shape index (κ1) is 38.2. The molecule has 232 valence electrons. The van der Waals surface area contributed by atoms with E-state index in [9.17, 15) is 0 Å². The summed E-state index contributed by atoms with van der Waals surface area (Å²) in [5.74, 6) is 1.05. The number of hydrogen-bond donors (Lipinski definition) is 0. The summed E-state index contributed by atoms with van der Waals surface area (Å²) < 4.78 is 6.19. The smallest absolute Gasteiger partial charge is 0.496 e. The summed E-state index contributed by atoms with van der Waals surface area (Å²) in [4.78, 5) is 0. The van der Waals surface area contributed by atoms with E-state index in [1.807, 2.05) is 7.11 Å². The number of methoxy groups -OCH3 is 1. The number of hydrogen-bond acceptors (Lipinski definition) is 1. The maximum absolute atomic E-state index is 6.19. The summed E-state index contributed by atoms with van der Waals surface area (Å²) in [5.41, 5.74) is 14.4. The van der Waals surface area contributed by atoms with Crippen molar-refractivity contribution >= 4 is 24.0 Å². The summed E-state index contributed by atoms with van der Waals surface area (Å²) >= 11 is 0. The average molecular weight is 607 g/mol. The van der Waals surface area contributed by atoms with Crippen LogP contribution in [0.25, 0.3) is 21.9 Å². The monoisotopic (exact) mass is 606 g/mol. The molecule has 3 aromatic carbocycles. The SMILES string of the molecule is COc1c(C(C)(C)C)cc(-c2c3c(cc4c2cc(C)[c-]4[Si](C)(C)C2(C)[C-]=C(C)C(C)=C2C)CC(C)(C)C3)cc1C(C)(C)C.[Li+].[Li+]. The van der Waals surface area contributed by atoms with Crippen LogP contribution in [-0.2, 0) is 23.7 Å². The van der Waals surface area contributed by atoms with E-state index in [-0.39, 0.29) is 59.0 Å². The van der Waals surface area contributed by atoms with Gasteiger partial charge in [-0.05, 0) is 46.8 Å². The number of rotatable bonds is 4. The van der Waals surface area contributed by atoms with Crippen molar-refractivity contribution in [3.63, 3.8) is 0 Å². The van der Waals surface area contributed by atoms with Crippen LogP contribution in [0, 0.1) is 18.4 Å². The molecule has 45 heavy (non-hydrogen) atoms. The molecular weight excluding hydrogens is 550 g/mol. The molecule has 0 aliphatic heterocycles. The van der Waals surface area contributed by atoms with E-state index in [0.717, 1.165) is 18.6 Å². The van der Waals surface area contributed by atoms with Gasteiger partial charge in [-0.2, -0.15) is 17.2 Å². The standard InChI is InChI=1S/C41H56OSi.2Li/c1-24-17-30-31(37(24)43(15,16)41(13)21-25(2)26(3)27(41)4)18-29-22-40(11,12)23-32(29)35(30)28-19-33(38(5,6)7)36(42-14)34(20-28)39(8,9)10;;/h17-20H,22-23H2,1-16H3;;/q-2;2*+1. The Labute approximate surface area is 300 Å². The zero-order chi connectivity index (χ0) is 32.2. The minimum Gasteiger partial charge on any atom is -0.496 e. The molecule has 3 aromatic rings. The van der Waals surface area contributed by atoms with Gasteiger partial charge in [0.25, 0.3) is 0 Å². The van der Waals surface area contributed by atoms with Crippen molar-refractivity contribution in [1.82, 2.24) is 0 Å². The summed E-state index contributed by atoms with van der Waals surface area (Å²) in [7, 11) is -0.230. The molecule has 2 aliphatic carbocycles. The van der Waals surface area contributed by atoms with E-state index in [1.54, 1.807) is 16.3 Å². The van der Waals surface area contributed by atoms with Crippen molar-refractivity contribution in [1.29, 1.82) is 0 Å². The van der Waals surface area contributed by atoms with E-state index >= 15 is 0 Å². The molecule has 0 heterocycles. The second-order valence-electron chi connectivity index (χ2n) is 17.4. The Balaban J connectivity index is 0.00000276. The number of allylic oxidation sites excluding steroid dienone is 4. The Morgan fingerprint density at radius 3 is 1.80 bits per heavy atom. The molecular formula is C41H56Li2OSi. The number of aryl methyl sites for hydroxylation is 1. The van der Waals surface area contributed by atoms with Crippen LogP contribution < -0.4 is 47.6 Å². The molecule has 0 aromatic heterocycles. The maximum atomic E-state index is 6.19. The van der Waals surface area contributed by atoms with Crippen molar-refractivity contribution in [3.05, 3.63) is 74.9 Å². The second kappa shape index (κ2) is 12.0. The van der Waals surface area contributed by atoms with Crippen molar-refractivity contribution in [2.24, 2.45) is 5.41 Å². The van der Waals surface area contributed by atoms with Crippen LogP contribution in [0.4, 0.5) is 0 Å². The topological polar surface area (TPSA) is 9.23 Å². The Kier molecular flexibility index (Phi) is 10.2. The van der Waals surface area contributed by atoms with Crippen LogP contribution in [0.15, 0.2) is 41.0 Å². The van der Waals surface area contributed by atoms with Crippen LogP contribution in [0.1, 0.15) is 111 Å². The normalized spacial score (nSPS) is 19.8. The fourth-order valence-electron chi connectivity index (χ4n) is 8.43. The number of benzene rings is 2. The molecule has 0 bridgehead atoms. The zero-order valence-corrected chi connectivity index (χ0v) is 33.1. The van der Waals surface area contributed by atoms with Gasteiger partial charge in [0.2, 0.25) is 0 Å². The third-order valence-electron chi connectivity index (χ3n) is 11.3. The Bertz CT molecular complexity index is 1680. The molecule has 5 rings (SSSR count). The van der Waals surface area contributed by atoms with E-state index < -0.39 is 8.07 Å². The summed E-state index contributed by atoms with van der Waals surface area (Å²) in [6.45, 7) is 35.7. The second-order valence-corrected chi connectivity index (χ2v) is 22.2. The summed E-state index contributed by atoms with van der Waals surface area (Å²) in [6.07, 6.45) is 6.26. The molecule has 0 amide bonds.